The highest BCUT2D eigenvalue weighted by Crippen LogP contribution is 2.21. The minimum absolute atomic E-state index is 0.0324. The molecule has 1 rings (SSSR count). The molecule has 0 radical (unpaired) electrons. The highest BCUT2D eigenvalue weighted by atomic mass is 79.9. The van der Waals surface area contributed by atoms with Crippen LogP contribution in [0.5, 0.6) is 0 Å². The Labute approximate surface area is 177 Å². The lowest BCUT2D eigenvalue weighted by molar-refractivity contribution is -0.113. The molecule has 5 heteroatoms. The fourth-order valence-electron chi connectivity index (χ4n) is 2.10. The number of hydrogen-bond acceptors (Lipinski definition) is 4. The van der Waals surface area contributed by atoms with Crippen molar-refractivity contribution in [2.24, 2.45) is 4.99 Å². The molecule has 4 nitrogen and oxygen atoms in total. The molecule has 0 spiro atoms. The van der Waals surface area contributed by atoms with Crippen molar-refractivity contribution in [2.75, 3.05) is 19.0 Å². The van der Waals surface area contributed by atoms with Gasteiger partial charge < -0.3 is 10.1 Å². The van der Waals surface area contributed by atoms with Crippen molar-refractivity contribution < 1.29 is 9.53 Å². The number of methoxy groups -OCH3 is 1. The van der Waals surface area contributed by atoms with Crippen LogP contribution in [0.15, 0.2) is 81.1 Å². The van der Waals surface area contributed by atoms with Gasteiger partial charge in [-0.3, -0.25) is 9.79 Å². The van der Waals surface area contributed by atoms with Gasteiger partial charge in [0, 0.05) is 15.7 Å². The molecule has 0 unspecified atom stereocenters. The Hall–Kier alpha value is -2.40. The zero-order valence-electron chi connectivity index (χ0n) is 17.5. The Kier molecular flexibility index (Phi) is 14.3. The number of halogens is 1. The minimum Gasteiger partial charge on any atom is -0.501 e. The average Bonchev–Trinajstić information content (AvgIpc) is 2.73. The summed E-state index contributed by atoms with van der Waals surface area (Å²) < 4.78 is 6.33. The molecule has 0 aliphatic rings. The predicted octanol–water partition coefficient (Wildman–Crippen LogP) is 6.48. The van der Waals surface area contributed by atoms with Gasteiger partial charge >= 0.3 is 0 Å². The lowest BCUT2D eigenvalue weighted by Gasteiger charge is -2.09. The standard InChI is InChI=1S/C21H25BrN2O2.C2H6/c1-5-6-9-20(16(2)26-4)21(23-3)10-7-8-19(25)15-24-18-13-11-17(22)12-14-18;1-2/h5-8,10-14,24H,3,9,15H2,1-2,4H3;1-2H3/b6-5-,8-7+,20-16-,21-10-;. The number of carbonyl (C=O) groups excluding carboxylic acids is 1. The van der Waals surface area contributed by atoms with Crippen molar-refractivity contribution in [3.8, 4) is 0 Å². The number of benzene rings is 1. The first-order valence-corrected chi connectivity index (χ1v) is 10.0. The fourth-order valence-corrected chi connectivity index (χ4v) is 2.36. The van der Waals surface area contributed by atoms with Crippen LogP contribution in [0.3, 0.4) is 0 Å². The summed E-state index contributed by atoms with van der Waals surface area (Å²) in [6.45, 7) is 11.7. The molecular weight excluding hydrogens is 416 g/mol. The zero-order valence-corrected chi connectivity index (χ0v) is 19.0. The number of nitrogens with zero attached hydrogens (tertiary/aromatic N) is 1. The molecule has 152 valence electrons. The molecule has 0 aromatic heterocycles. The van der Waals surface area contributed by atoms with E-state index in [1.54, 1.807) is 19.3 Å². The largest absolute Gasteiger partial charge is 0.501 e. The Morgan fingerprint density at radius 3 is 2.46 bits per heavy atom. The van der Waals surface area contributed by atoms with Gasteiger partial charge in [0.05, 0.1) is 25.1 Å². The number of anilines is 1. The minimum atomic E-state index is -0.0324. The maximum atomic E-state index is 12.0. The van der Waals surface area contributed by atoms with Gasteiger partial charge in [0.25, 0.3) is 0 Å². The second-order valence-corrected chi connectivity index (χ2v) is 6.32. The van der Waals surface area contributed by atoms with Crippen molar-refractivity contribution in [3.63, 3.8) is 0 Å². The van der Waals surface area contributed by atoms with Crippen molar-refractivity contribution >= 4 is 34.1 Å². The quantitative estimate of drug-likeness (QED) is 0.147. The summed E-state index contributed by atoms with van der Waals surface area (Å²) in [5.74, 6) is 0.744. The van der Waals surface area contributed by atoms with Crippen molar-refractivity contribution in [1.82, 2.24) is 0 Å². The van der Waals surface area contributed by atoms with Gasteiger partial charge in [0.2, 0.25) is 0 Å². The van der Waals surface area contributed by atoms with Gasteiger partial charge in [-0.2, -0.15) is 0 Å². The molecule has 28 heavy (non-hydrogen) atoms. The summed E-state index contributed by atoms with van der Waals surface area (Å²) in [6.07, 6.45) is 9.66. The molecule has 0 saturated carbocycles. The van der Waals surface area contributed by atoms with Crippen LogP contribution in [0, 0.1) is 0 Å². The Balaban J connectivity index is 0.00000352. The van der Waals surface area contributed by atoms with Crippen molar-refractivity contribution in [2.45, 2.75) is 34.1 Å². The third-order valence-electron chi connectivity index (χ3n) is 3.62. The van der Waals surface area contributed by atoms with E-state index >= 15 is 0 Å². The van der Waals surface area contributed by atoms with E-state index in [1.165, 1.54) is 6.08 Å². The molecule has 0 amide bonds. The van der Waals surface area contributed by atoms with Crippen LogP contribution in [0.4, 0.5) is 5.69 Å². The highest BCUT2D eigenvalue weighted by Gasteiger charge is 2.06. The van der Waals surface area contributed by atoms with Crippen molar-refractivity contribution in [3.05, 3.63) is 76.1 Å². The molecule has 0 heterocycles. The summed E-state index contributed by atoms with van der Waals surface area (Å²) in [7, 11) is 1.62. The van der Waals surface area contributed by atoms with E-state index in [0.29, 0.717) is 12.1 Å². The molecule has 0 bridgehead atoms. The molecule has 0 aliphatic carbocycles. The number of nitrogens with one attached hydrogen (secondary N) is 1. The summed E-state index contributed by atoms with van der Waals surface area (Å²) >= 11 is 3.38. The molecule has 0 atom stereocenters. The Morgan fingerprint density at radius 1 is 1.29 bits per heavy atom. The van der Waals surface area contributed by atoms with E-state index in [-0.39, 0.29) is 12.3 Å². The summed E-state index contributed by atoms with van der Waals surface area (Å²) in [6, 6.07) is 7.66. The first-order chi connectivity index (χ1) is 13.5. The van der Waals surface area contributed by atoms with Crippen LogP contribution in [0.25, 0.3) is 0 Å². The predicted molar refractivity (Wildman–Crippen MR) is 125 cm³/mol. The summed E-state index contributed by atoms with van der Waals surface area (Å²) in [5.41, 5.74) is 2.52. The highest BCUT2D eigenvalue weighted by molar-refractivity contribution is 9.10. The first-order valence-electron chi connectivity index (χ1n) is 9.24. The van der Waals surface area contributed by atoms with Crippen LogP contribution in [0.1, 0.15) is 34.1 Å². The number of carbonyl (C=O) groups is 1. The van der Waals surface area contributed by atoms with E-state index in [0.717, 1.165) is 21.5 Å². The van der Waals surface area contributed by atoms with E-state index in [1.807, 2.05) is 64.1 Å². The van der Waals surface area contributed by atoms with Crippen LogP contribution < -0.4 is 5.32 Å². The summed E-state index contributed by atoms with van der Waals surface area (Å²) in [4.78, 5) is 16.1. The molecular formula is C23H31BrN2O2. The lowest BCUT2D eigenvalue weighted by Crippen LogP contribution is -2.10. The molecule has 1 aromatic carbocycles. The van der Waals surface area contributed by atoms with Crippen LogP contribution >= 0.6 is 15.9 Å². The maximum Gasteiger partial charge on any atom is 0.174 e. The lowest BCUT2D eigenvalue weighted by atomic mass is 10.1. The number of ether oxygens (including phenoxy) is 1. The molecule has 0 fully saturated rings. The van der Waals surface area contributed by atoms with Crippen molar-refractivity contribution in [1.29, 1.82) is 0 Å². The van der Waals surface area contributed by atoms with E-state index in [2.05, 4.69) is 33.0 Å². The second-order valence-electron chi connectivity index (χ2n) is 5.41. The van der Waals surface area contributed by atoms with Gasteiger partial charge in [-0.05, 0) is 63.4 Å². The average molecular weight is 447 g/mol. The topological polar surface area (TPSA) is 50.7 Å². The molecule has 0 saturated heterocycles. The first kappa shape index (κ1) is 25.6. The number of hydrogen-bond donors (Lipinski definition) is 1. The van der Waals surface area contributed by atoms with Gasteiger partial charge in [0.15, 0.2) is 5.78 Å². The van der Waals surface area contributed by atoms with Gasteiger partial charge in [-0.1, -0.05) is 48.0 Å². The SMILES string of the molecule is C=NC(=C\C=C\C(=O)CNc1ccc(Br)cc1)/C(C/C=C\C)=C(/C)OC.CC. The molecule has 1 N–H and O–H groups in total. The van der Waals surface area contributed by atoms with Crippen LogP contribution in [-0.2, 0) is 9.53 Å². The number of ketones is 1. The zero-order chi connectivity index (χ0) is 21.4. The number of rotatable bonds is 10. The second kappa shape index (κ2) is 15.6. The van der Waals surface area contributed by atoms with Gasteiger partial charge in [0.1, 0.15) is 0 Å². The Morgan fingerprint density at radius 2 is 1.93 bits per heavy atom. The Bertz CT molecular complexity index is 729. The van der Waals surface area contributed by atoms with E-state index < -0.39 is 0 Å². The maximum absolute atomic E-state index is 12.0. The normalized spacial score (nSPS) is 12.3. The third kappa shape index (κ3) is 10.1. The number of allylic oxidation sites excluding steroid dienone is 6. The van der Waals surface area contributed by atoms with Gasteiger partial charge in [-0.15, -0.1) is 0 Å². The van der Waals surface area contributed by atoms with Crippen LogP contribution in [0.2, 0.25) is 0 Å². The van der Waals surface area contributed by atoms with E-state index in [9.17, 15) is 4.79 Å². The molecule has 0 aliphatic heterocycles. The van der Waals surface area contributed by atoms with Crippen LogP contribution in [-0.4, -0.2) is 26.2 Å². The monoisotopic (exact) mass is 446 g/mol. The summed E-state index contributed by atoms with van der Waals surface area (Å²) in [5, 5.41) is 3.09. The fraction of sp³-hybridized carbons (Fsp3) is 0.304. The van der Waals surface area contributed by atoms with E-state index in [4.69, 9.17) is 4.74 Å². The van der Waals surface area contributed by atoms with Gasteiger partial charge in [-0.25, -0.2) is 0 Å². The smallest absolute Gasteiger partial charge is 0.174 e. The third-order valence-corrected chi connectivity index (χ3v) is 4.14. The number of aliphatic imine (C=N–C) groups is 1. The molecule has 1 aromatic rings.